The van der Waals surface area contributed by atoms with Gasteiger partial charge in [0.25, 0.3) is 0 Å². The molecular formula is C15H24N2. The van der Waals surface area contributed by atoms with Gasteiger partial charge in [0, 0.05) is 12.1 Å². The summed E-state index contributed by atoms with van der Waals surface area (Å²) >= 11 is 0. The summed E-state index contributed by atoms with van der Waals surface area (Å²) in [6, 6.07) is 9.82. The van der Waals surface area contributed by atoms with Crippen LogP contribution in [-0.2, 0) is 0 Å². The van der Waals surface area contributed by atoms with Crippen molar-refractivity contribution >= 4 is 0 Å². The molecule has 17 heavy (non-hydrogen) atoms. The summed E-state index contributed by atoms with van der Waals surface area (Å²) in [7, 11) is 2.21. The zero-order valence-corrected chi connectivity index (χ0v) is 11.2. The SMILES string of the molecule is Cc1ccccc1C(C)NC1CCN(C)CC1. The fourth-order valence-electron chi connectivity index (χ4n) is 2.69. The van der Waals surface area contributed by atoms with Crippen molar-refractivity contribution < 1.29 is 0 Å². The number of aryl methyl sites for hydroxylation is 1. The van der Waals surface area contributed by atoms with E-state index in [1.54, 1.807) is 0 Å². The zero-order valence-electron chi connectivity index (χ0n) is 11.2. The van der Waals surface area contributed by atoms with E-state index in [9.17, 15) is 0 Å². The normalized spacial score (nSPS) is 20.4. The van der Waals surface area contributed by atoms with Crippen molar-refractivity contribution in [1.82, 2.24) is 10.2 Å². The largest absolute Gasteiger partial charge is 0.307 e. The highest BCUT2D eigenvalue weighted by atomic mass is 15.1. The highest BCUT2D eigenvalue weighted by Crippen LogP contribution is 2.19. The minimum absolute atomic E-state index is 0.463. The van der Waals surface area contributed by atoms with Crippen LogP contribution in [0.3, 0.4) is 0 Å². The average Bonchev–Trinajstić information content (AvgIpc) is 2.32. The number of hydrogen-bond acceptors (Lipinski definition) is 2. The van der Waals surface area contributed by atoms with E-state index in [0.717, 1.165) is 0 Å². The summed E-state index contributed by atoms with van der Waals surface area (Å²) in [5.41, 5.74) is 2.83. The maximum Gasteiger partial charge on any atom is 0.0296 e. The Balaban J connectivity index is 1.93. The first-order valence-electron chi connectivity index (χ1n) is 6.67. The van der Waals surface area contributed by atoms with E-state index in [4.69, 9.17) is 0 Å². The first kappa shape index (κ1) is 12.6. The molecule has 0 amide bonds. The molecule has 2 rings (SSSR count). The third-order valence-electron chi connectivity index (χ3n) is 3.86. The molecule has 2 nitrogen and oxygen atoms in total. The lowest BCUT2D eigenvalue weighted by Crippen LogP contribution is -2.41. The van der Waals surface area contributed by atoms with Gasteiger partial charge < -0.3 is 10.2 Å². The van der Waals surface area contributed by atoms with Crippen molar-refractivity contribution in [3.8, 4) is 0 Å². The van der Waals surface area contributed by atoms with Crippen molar-refractivity contribution in [3.05, 3.63) is 35.4 Å². The molecule has 0 radical (unpaired) electrons. The summed E-state index contributed by atoms with van der Waals surface area (Å²) < 4.78 is 0. The van der Waals surface area contributed by atoms with E-state index >= 15 is 0 Å². The smallest absolute Gasteiger partial charge is 0.0296 e. The van der Waals surface area contributed by atoms with Crippen molar-refractivity contribution in [2.45, 2.75) is 38.8 Å². The van der Waals surface area contributed by atoms with Gasteiger partial charge >= 0.3 is 0 Å². The van der Waals surface area contributed by atoms with Crippen LogP contribution in [0.4, 0.5) is 0 Å². The second-order valence-corrected chi connectivity index (χ2v) is 5.32. The van der Waals surface area contributed by atoms with Crippen LogP contribution in [0.5, 0.6) is 0 Å². The van der Waals surface area contributed by atoms with E-state index in [-0.39, 0.29) is 0 Å². The monoisotopic (exact) mass is 232 g/mol. The van der Waals surface area contributed by atoms with Gasteiger partial charge in [-0.05, 0) is 58.0 Å². The first-order valence-corrected chi connectivity index (χ1v) is 6.67. The zero-order chi connectivity index (χ0) is 12.3. The van der Waals surface area contributed by atoms with Crippen LogP contribution in [0.25, 0.3) is 0 Å². The standard InChI is InChI=1S/C15H24N2/c1-12-6-4-5-7-15(12)13(2)16-14-8-10-17(3)11-9-14/h4-7,13-14,16H,8-11H2,1-3H3. The molecule has 1 heterocycles. The molecule has 0 aliphatic carbocycles. The van der Waals surface area contributed by atoms with Gasteiger partial charge in [-0.15, -0.1) is 0 Å². The molecule has 0 saturated carbocycles. The predicted octanol–water partition coefficient (Wildman–Crippen LogP) is 2.74. The summed E-state index contributed by atoms with van der Waals surface area (Å²) in [5, 5.41) is 3.77. The molecule has 0 aromatic heterocycles. The fraction of sp³-hybridized carbons (Fsp3) is 0.600. The van der Waals surface area contributed by atoms with E-state index in [1.165, 1.54) is 37.1 Å². The molecule has 1 aromatic carbocycles. The molecule has 0 bridgehead atoms. The van der Waals surface area contributed by atoms with E-state index < -0.39 is 0 Å². The molecule has 94 valence electrons. The van der Waals surface area contributed by atoms with Crippen LogP contribution in [0.15, 0.2) is 24.3 Å². The van der Waals surface area contributed by atoms with Crippen LogP contribution in [0.1, 0.15) is 36.9 Å². The number of likely N-dealkylation sites (tertiary alicyclic amines) is 1. The average molecular weight is 232 g/mol. The van der Waals surface area contributed by atoms with E-state index in [2.05, 4.69) is 55.4 Å². The number of hydrogen-bond donors (Lipinski definition) is 1. The summed E-state index contributed by atoms with van der Waals surface area (Å²) in [4.78, 5) is 2.41. The van der Waals surface area contributed by atoms with Crippen molar-refractivity contribution in [2.24, 2.45) is 0 Å². The number of nitrogens with one attached hydrogen (secondary N) is 1. The Morgan fingerprint density at radius 3 is 2.53 bits per heavy atom. The Bertz CT molecular complexity index is 354. The van der Waals surface area contributed by atoms with Crippen LogP contribution < -0.4 is 5.32 Å². The highest BCUT2D eigenvalue weighted by Gasteiger charge is 2.19. The summed E-state index contributed by atoms with van der Waals surface area (Å²) in [6.45, 7) is 6.92. The maximum absolute atomic E-state index is 3.77. The molecule has 1 aliphatic rings. The second kappa shape index (κ2) is 5.65. The molecular weight excluding hydrogens is 208 g/mol. The Morgan fingerprint density at radius 2 is 1.88 bits per heavy atom. The maximum atomic E-state index is 3.77. The molecule has 1 saturated heterocycles. The molecule has 1 atom stereocenters. The van der Waals surface area contributed by atoms with Gasteiger partial charge in [0.2, 0.25) is 0 Å². The molecule has 1 aliphatic heterocycles. The third-order valence-corrected chi connectivity index (χ3v) is 3.86. The number of benzene rings is 1. The van der Waals surface area contributed by atoms with E-state index in [1.807, 2.05) is 0 Å². The molecule has 1 unspecified atom stereocenters. The molecule has 2 heteroatoms. The highest BCUT2D eigenvalue weighted by molar-refractivity contribution is 5.28. The second-order valence-electron chi connectivity index (χ2n) is 5.32. The molecule has 1 aromatic rings. The van der Waals surface area contributed by atoms with Crippen molar-refractivity contribution in [1.29, 1.82) is 0 Å². The third kappa shape index (κ3) is 3.30. The van der Waals surface area contributed by atoms with Gasteiger partial charge in [-0.2, -0.15) is 0 Å². The van der Waals surface area contributed by atoms with Gasteiger partial charge in [0.05, 0.1) is 0 Å². The number of rotatable bonds is 3. The summed E-state index contributed by atoms with van der Waals surface area (Å²) in [5.74, 6) is 0. The van der Waals surface area contributed by atoms with Gasteiger partial charge in [-0.25, -0.2) is 0 Å². The van der Waals surface area contributed by atoms with Crippen molar-refractivity contribution in [3.63, 3.8) is 0 Å². The van der Waals surface area contributed by atoms with Gasteiger partial charge in [-0.1, -0.05) is 24.3 Å². The van der Waals surface area contributed by atoms with Gasteiger partial charge in [0.1, 0.15) is 0 Å². The number of piperidine rings is 1. The van der Waals surface area contributed by atoms with Crippen molar-refractivity contribution in [2.75, 3.05) is 20.1 Å². The quantitative estimate of drug-likeness (QED) is 0.862. The van der Waals surface area contributed by atoms with Gasteiger partial charge in [-0.3, -0.25) is 0 Å². The minimum Gasteiger partial charge on any atom is -0.307 e. The van der Waals surface area contributed by atoms with Crippen LogP contribution in [0, 0.1) is 6.92 Å². The lowest BCUT2D eigenvalue weighted by Gasteiger charge is -2.32. The topological polar surface area (TPSA) is 15.3 Å². The van der Waals surface area contributed by atoms with Gasteiger partial charge in [0.15, 0.2) is 0 Å². The Morgan fingerprint density at radius 1 is 1.24 bits per heavy atom. The Labute approximate surface area is 105 Å². The Kier molecular flexibility index (Phi) is 4.19. The first-order chi connectivity index (χ1) is 8.16. The minimum atomic E-state index is 0.463. The lowest BCUT2D eigenvalue weighted by atomic mass is 9.99. The predicted molar refractivity (Wildman–Crippen MR) is 73.2 cm³/mol. The van der Waals surface area contributed by atoms with Crippen LogP contribution in [0.2, 0.25) is 0 Å². The number of nitrogens with zero attached hydrogens (tertiary/aromatic N) is 1. The lowest BCUT2D eigenvalue weighted by molar-refractivity contribution is 0.226. The fourth-order valence-corrected chi connectivity index (χ4v) is 2.69. The molecule has 0 spiro atoms. The van der Waals surface area contributed by atoms with Crippen LogP contribution in [-0.4, -0.2) is 31.1 Å². The molecule has 1 N–H and O–H groups in total. The van der Waals surface area contributed by atoms with Crippen LogP contribution >= 0.6 is 0 Å². The molecule has 1 fully saturated rings. The summed E-state index contributed by atoms with van der Waals surface area (Å²) in [6.07, 6.45) is 2.54. The van der Waals surface area contributed by atoms with E-state index in [0.29, 0.717) is 12.1 Å². The Hall–Kier alpha value is -0.860.